The molecule has 0 bridgehead atoms. The van der Waals surface area contributed by atoms with Gasteiger partial charge in [0.15, 0.2) is 17.9 Å². The summed E-state index contributed by atoms with van der Waals surface area (Å²) in [5.74, 6) is -0.792. The van der Waals surface area contributed by atoms with Gasteiger partial charge >= 0.3 is 0 Å². The Bertz CT molecular complexity index is 354. The van der Waals surface area contributed by atoms with Crippen LogP contribution in [0.2, 0.25) is 0 Å². The molecular formula is C14H24O5. The van der Waals surface area contributed by atoms with Crippen molar-refractivity contribution >= 4 is 0 Å². The van der Waals surface area contributed by atoms with Gasteiger partial charge in [-0.15, -0.1) is 0 Å². The van der Waals surface area contributed by atoms with Crippen LogP contribution in [0.5, 0.6) is 0 Å². The molecule has 0 N–H and O–H groups in total. The first kappa shape index (κ1) is 13.8. The second-order valence-corrected chi connectivity index (χ2v) is 6.51. The predicted octanol–water partition coefficient (Wildman–Crippen LogP) is 2.04. The van der Waals surface area contributed by atoms with Crippen molar-refractivity contribution in [2.24, 2.45) is 5.92 Å². The molecule has 0 spiro atoms. The van der Waals surface area contributed by atoms with E-state index >= 15 is 0 Å². The summed E-state index contributed by atoms with van der Waals surface area (Å²) in [6.07, 6.45) is 0.638. The number of fused-ring (bicyclic) bond motifs is 1. The molecule has 0 amide bonds. The first-order valence-electron chi connectivity index (χ1n) is 7.14. The maximum atomic E-state index is 6.05. The smallest absolute Gasteiger partial charge is 0.187 e. The van der Waals surface area contributed by atoms with Crippen LogP contribution in [0.3, 0.4) is 0 Å². The van der Waals surface area contributed by atoms with Gasteiger partial charge in [0, 0.05) is 5.92 Å². The van der Waals surface area contributed by atoms with E-state index in [1.807, 2.05) is 27.7 Å². The molecule has 0 saturated carbocycles. The highest BCUT2D eigenvalue weighted by molar-refractivity contribution is 4.96. The zero-order valence-electron chi connectivity index (χ0n) is 12.3. The first-order valence-corrected chi connectivity index (χ1v) is 7.14. The topological polar surface area (TPSA) is 46.2 Å². The van der Waals surface area contributed by atoms with Gasteiger partial charge in [-0.3, -0.25) is 0 Å². The Morgan fingerprint density at radius 2 is 1.68 bits per heavy atom. The third-order valence-corrected chi connectivity index (χ3v) is 4.09. The Morgan fingerprint density at radius 3 is 2.26 bits per heavy atom. The molecule has 3 rings (SSSR count). The first-order chi connectivity index (χ1) is 8.81. The minimum atomic E-state index is -0.556. The lowest BCUT2D eigenvalue weighted by atomic mass is 9.92. The molecule has 5 atom stereocenters. The van der Waals surface area contributed by atoms with Crippen molar-refractivity contribution in [1.82, 2.24) is 0 Å². The molecule has 0 aliphatic carbocycles. The van der Waals surface area contributed by atoms with Crippen molar-refractivity contribution in [3.05, 3.63) is 0 Å². The summed E-state index contributed by atoms with van der Waals surface area (Å²) in [5, 5.41) is 0. The van der Waals surface area contributed by atoms with Gasteiger partial charge in [-0.1, -0.05) is 6.92 Å². The summed E-state index contributed by atoms with van der Waals surface area (Å²) < 4.78 is 29.4. The van der Waals surface area contributed by atoms with Crippen molar-refractivity contribution in [1.29, 1.82) is 0 Å². The average molecular weight is 272 g/mol. The molecule has 19 heavy (non-hydrogen) atoms. The molecule has 0 aromatic rings. The lowest BCUT2D eigenvalue weighted by molar-refractivity contribution is -0.227. The van der Waals surface area contributed by atoms with Crippen LogP contribution in [0, 0.1) is 5.92 Å². The Labute approximate surface area is 114 Å². The number of ether oxygens (including phenoxy) is 5. The van der Waals surface area contributed by atoms with E-state index in [1.54, 1.807) is 0 Å². The standard InChI is InChI=1S/C14H24O5/c1-6-8-10(9-7-15-13(2,3)17-9)16-12-11(8)18-14(4,5)19-12/h8-12H,6-7H2,1-5H3. The van der Waals surface area contributed by atoms with Crippen LogP contribution in [0.4, 0.5) is 0 Å². The number of hydrogen-bond donors (Lipinski definition) is 0. The van der Waals surface area contributed by atoms with E-state index in [-0.39, 0.29) is 30.5 Å². The predicted molar refractivity (Wildman–Crippen MR) is 67.4 cm³/mol. The van der Waals surface area contributed by atoms with Crippen LogP contribution >= 0.6 is 0 Å². The zero-order chi connectivity index (χ0) is 13.8. The largest absolute Gasteiger partial charge is 0.348 e. The van der Waals surface area contributed by atoms with Gasteiger partial charge in [-0.05, 0) is 34.1 Å². The summed E-state index contributed by atoms with van der Waals surface area (Å²) in [4.78, 5) is 0. The molecular weight excluding hydrogens is 248 g/mol. The highest BCUT2D eigenvalue weighted by atomic mass is 16.8. The van der Waals surface area contributed by atoms with E-state index in [4.69, 9.17) is 23.7 Å². The Kier molecular flexibility index (Phi) is 3.19. The van der Waals surface area contributed by atoms with E-state index in [0.717, 1.165) is 6.42 Å². The molecule has 3 aliphatic heterocycles. The highest BCUT2D eigenvalue weighted by Crippen LogP contribution is 2.44. The van der Waals surface area contributed by atoms with Crippen LogP contribution in [0.1, 0.15) is 41.0 Å². The molecule has 3 fully saturated rings. The molecule has 3 aliphatic rings. The van der Waals surface area contributed by atoms with Crippen LogP contribution in [-0.4, -0.2) is 42.8 Å². The molecule has 0 aromatic carbocycles. The van der Waals surface area contributed by atoms with Crippen LogP contribution in [0.15, 0.2) is 0 Å². The van der Waals surface area contributed by atoms with E-state index in [1.165, 1.54) is 0 Å². The molecule has 3 saturated heterocycles. The summed E-state index contributed by atoms with van der Waals surface area (Å²) in [6.45, 7) is 10.4. The third-order valence-electron chi connectivity index (χ3n) is 4.09. The SMILES string of the molecule is CCC1C(C2COC(C)(C)O2)OC2OC(C)(C)OC21. The van der Waals surface area contributed by atoms with Crippen molar-refractivity contribution in [3.8, 4) is 0 Å². The van der Waals surface area contributed by atoms with Crippen LogP contribution in [-0.2, 0) is 23.7 Å². The lowest BCUT2D eigenvalue weighted by Crippen LogP contribution is -2.38. The van der Waals surface area contributed by atoms with Gasteiger partial charge in [0.2, 0.25) is 0 Å². The summed E-state index contributed by atoms with van der Waals surface area (Å²) >= 11 is 0. The zero-order valence-corrected chi connectivity index (χ0v) is 12.3. The fourth-order valence-electron chi connectivity index (χ4n) is 3.30. The lowest BCUT2D eigenvalue weighted by Gasteiger charge is -2.28. The maximum Gasteiger partial charge on any atom is 0.187 e. The Morgan fingerprint density at radius 1 is 0.947 bits per heavy atom. The van der Waals surface area contributed by atoms with E-state index in [0.29, 0.717) is 6.61 Å². The maximum absolute atomic E-state index is 6.05. The molecule has 0 radical (unpaired) electrons. The number of rotatable bonds is 2. The van der Waals surface area contributed by atoms with E-state index in [9.17, 15) is 0 Å². The van der Waals surface area contributed by atoms with Gasteiger partial charge in [0.05, 0.1) is 12.7 Å². The van der Waals surface area contributed by atoms with E-state index in [2.05, 4.69) is 6.92 Å². The summed E-state index contributed by atoms with van der Waals surface area (Å²) in [5.41, 5.74) is 0. The van der Waals surface area contributed by atoms with Gasteiger partial charge in [-0.25, -0.2) is 0 Å². The van der Waals surface area contributed by atoms with Crippen LogP contribution < -0.4 is 0 Å². The molecule has 110 valence electrons. The monoisotopic (exact) mass is 272 g/mol. The van der Waals surface area contributed by atoms with Gasteiger partial charge in [-0.2, -0.15) is 0 Å². The van der Waals surface area contributed by atoms with Crippen molar-refractivity contribution in [2.45, 2.75) is 77.2 Å². The minimum absolute atomic E-state index is 0.00249. The van der Waals surface area contributed by atoms with Crippen molar-refractivity contribution in [3.63, 3.8) is 0 Å². The second kappa shape index (κ2) is 4.40. The fourth-order valence-corrected chi connectivity index (χ4v) is 3.30. The Balaban J connectivity index is 1.72. The summed E-state index contributed by atoms with van der Waals surface area (Å²) in [7, 11) is 0. The van der Waals surface area contributed by atoms with Gasteiger partial charge in [0.25, 0.3) is 0 Å². The normalized spacial score (nSPS) is 47.5. The van der Waals surface area contributed by atoms with Gasteiger partial charge < -0.3 is 23.7 Å². The second-order valence-electron chi connectivity index (χ2n) is 6.51. The van der Waals surface area contributed by atoms with Gasteiger partial charge in [0.1, 0.15) is 12.2 Å². The van der Waals surface area contributed by atoms with E-state index < -0.39 is 11.6 Å². The molecule has 5 nitrogen and oxygen atoms in total. The third kappa shape index (κ3) is 2.43. The summed E-state index contributed by atoms with van der Waals surface area (Å²) in [6, 6.07) is 0. The fraction of sp³-hybridized carbons (Fsp3) is 1.00. The Hall–Kier alpha value is -0.200. The minimum Gasteiger partial charge on any atom is -0.348 e. The molecule has 5 heteroatoms. The van der Waals surface area contributed by atoms with Crippen molar-refractivity contribution in [2.75, 3.05) is 6.61 Å². The molecule has 0 aromatic heterocycles. The molecule has 5 unspecified atom stereocenters. The quantitative estimate of drug-likeness (QED) is 0.770. The highest BCUT2D eigenvalue weighted by Gasteiger charge is 2.57. The van der Waals surface area contributed by atoms with Crippen LogP contribution in [0.25, 0.3) is 0 Å². The average Bonchev–Trinajstić information content (AvgIpc) is 2.87. The number of hydrogen-bond acceptors (Lipinski definition) is 5. The van der Waals surface area contributed by atoms with Crippen molar-refractivity contribution < 1.29 is 23.7 Å². The molecule has 3 heterocycles.